The number of aromatic nitrogens is 1. The van der Waals surface area contributed by atoms with Crippen molar-refractivity contribution in [3.05, 3.63) is 15.0 Å². The maximum absolute atomic E-state index is 5.38. The first-order valence-corrected chi connectivity index (χ1v) is 5.05. The maximum atomic E-state index is 5.38. The summed E-state index contributed by atoms with van der Waals surface area (Å²) >= 11 is 5.04. The van der Waals surface area contributed by atoms with Crippen LogP contribution in [0.25, 0.3) is 0 Å². The Morgan fingerprint density at radius 2 is 2.45 bits per heavy atom. The van der Waals surface area contributed by atoms with Gasteiger partial charge in [0.15, 0.2) is 0 Å². The van der Waals surface area contributed by atoms with E-state index in [0.29, 0.717) is 0 Å². The van der Waals surface area contributed by atoms with Crippen LogP contribution in [-0.2, 0) is 10.3 Å². The van der Waals surface area contributed by atoms with Gasteiger partial charge in [-0.3, -0.25) is 0 Å². The molecule has 1 aliphatic carbocycles. The van der Waals surface area contributed by atoms with E-state index in [1.54, 1.807) is 18.4 Å². The van der Waals surface area contributed by atoms with Gasteiger partial charge in [-0.1, -0.05) is 0 Å². The third-order valence-electron chi connectivity index (χ3n) is 1.96. The molecular formula is C7H8BrNOS. The van der Waals surface area contributed by atoms with Gasteiger partial charge >= 0.3 is 0 Å². The summed E-state index contributed by atoms with van der Waals surface area (Å²) in [7, 11) is 1.75. The summed E-state index contributed by atoms with van der Waals surface area (Å²) in [5.41, 5.74) is -0.0172. The van der Waals surface area contributed by atoms with E-state index in [4.69, 9.17) is 4.74 Å². The molecule has 1 aromatic rings. The summed E-state index contributed by atoms with van der Waals surface area (Å²) in [6.45, 7) is 0. The van der Waals surface area contributed by atoms with Gasteiger partial charge in [0.05, 0.1) is 9.98 Å². The Balaban J connectivity index is 2.29. The molecule has 0 atom stereocenters. The second-order valence-electron chi connectivity index (χ2n) is 2.67. The highest BCUT2D eigenvalue weighted by atomic mass is 79.9. The van der Waals surface area contributed by atoms with E-state index >= 15 is 0 Å². The molecule has 2 rings (SSSR count). The van der Waals surface area contributed by atoms with Crippen molar-refractivity contribution in [1.82, 2.24) is 4.98 Å². The summed E-state index contributed by atoms with van der Waals surface area (Å²) in [4.78, 5) is 4.27. The van der Waals surface area contributed by atoms with E-state index in [2.05, 4.69) is 20.9 Å². The van der Waals surface area contributed by atoms with Gasteiger partial charge in [-0.15, -0.1) is 11.3 Å². The fourth-order valence-electron chi connectivity index (χ4n) is 1.08. The molecule has 0 unspecified atom stereocenters. The zero-order valence-corrected chi connectivity index (χ0v) is 8.54. The fraction of sp³-hybridized carbons (Fsp3) is 0.571. The molecule has 11 heavy (non-hydrogen) atoms. The monoisotopic (exact) mass is 233 g/mol. The smallest absolute Gasteiger partial charge is 0.126 e. The lowest BCUT2D eigenvalue weighted by molar-refractivity contribution is 0.0787. The number of methoxy groups -OCH3 is 1. The molecule has 1 heterocycles. The fourth-order valence-corrected chi connectivity index (χ4v) is 2.52. The second kappa shape index (κ2) is 2.54. The van der Waals surface area contributed by atoms with Crippen LogP contribution in [0, 0.1) is 0 Å². The number of ether oxygens (including phenoxy) is 1. The molecule has 2 nitrogen and oxygen atoms in total. The topological polar surface area (TPSA) is 22.1 Å². The number of hydrogen-bond donors (Lipinski definition) is 0. The van der Waals surface area contributed by atoms with Crippen molar-refractivity contribution < 1.29 is 4.74 Å². The second-order valence-corrected chi connectivity index (χ2v) is 5.08. The van der Waals surface area contributed by atoms with Crippen LogP contribution < -0.4 is 0 Å². The summed E-state index contributed by atoms with van der Waals surface area (Å²) in [6.07, 6.45) is 4.06. The van der Waals surface area contributed by atoms with Gasteiger partial charge in [0.2, 0.25) is 0 Å². The van der Waals surface area contributed by atoms with Crippen LogP contribution in [0.1, 0.15) is 17.8 Å². The molecule has 4 heteroatoms. The number of rotatable bonds is 2. The molecular weight excluding hydrogens is 226 g/mol. The molecule has 0 radical (unpaired) electrons. The Bertz CT molecular complexity index is 269. The van der Waals surface area contributed by atoms with Gasteiger partial charge in [-0.2, -0.15) is 0 Å². The lowest BCUT2D eigenvalue weighted by atomic mass is 10.4. The Kier molecular flexibility index (Phi) is 1.78. The standard InChI is InChI=1S/C7H8BrNOS/c1-10-7(2-3-7)6-9-4-5(8)11-6/h4H,2-3H2,1H3. The van der Waals surface area contributed by atoms with Gasteiger partial charge < -0.3 is 4.74 Å². The predicted molar refractivity (Wildman–Crippen MR) is 47.7 cm³/mol. The average Bonchev–Trinajstić information content (AvgIpc) is 2.70. The van der Waals surface area contributed by atoms with E-state index < -0.39 is 0 Å². The Morgan fingerprint density at radius 3 is 2.82 bits per heavy atom. The number of halogens is 1. The summed E-state index contributed by atoms with van der Waals surface area (Å²) < 4.78 is 6.45. The molecule has 0 bridgehead atoms. The highest BCUT2D eigenvalue weighted by molar-refractivity contribution is 9.11. The number of thiazole rings is 1. The molecule has 0 spiro atoms. The van der Waals surface area contributed by atoms with E-state index in [0.717, 1.165) is 21.6 Å². The normalized spacial score (nSPS) is 20.2. The van der Waals surface area contributed by atoms with Crippen molar-refractivity contribution in [1.29, 1.82) is 0 Å². The number of nitrogens with zero attached hydrogens (tertiary/aromatic N) is 1. The highest BCUT2D eigenvalue weighted by Crippen LogP contribution is 2.50. The minimum absolute atomic E-state index is 0.0172. The Morgan fingerprint density at radius 1 is 1.73 bits per heavy atom. The first-order valence-electron chi connectivity index (χ1n) is 3.44. The molecule has 0 amide bonds. The van der Waals surface area contributed by atoms with Gasteiger partial charge in [-0.25, -0.2) is 4.98 Å². The van der Waals surface area contributed by atoms with Crippen LogP contribution in [0.2, 0.25) is 0 Å². The van der Waals surface area contributed by atoms with Crippen LogP contribution in [-0.4, -0.2) is 12.1 Å². The molecule has 1 aromatic heterocycles. The van der Waals surface area contributed by atoms with Crippen molar-refractivity contribution in [3.8, 4) is 0 Å². The predicted octanol–water partition coefficient (Wildman–Crippen LogP) is 2.54. The van der Waals surface area contributed by atoms with Gasteiger partial charge in [0, 0.05) is 7.11 Å². The minimum atomic E-state index is -0.0172. The molecule has 60 valence electrons. The Labute approximate surface area is 77.7 Å². The van der Waals surface area contributed by atoms with Crippen molar-refractivity contribution in [2.24, 2.45) is 0 Å². The SMILES string of the molecule is COC1(c2ncc(Br)s2)CC1. The zero-order valence-electron chi connectivity index (χ0n) is 6.13. The van der Waals surface area contributed by atoms with Crippen LogP contribution in [0.15, 0.2) is 9.98 Å². The first-order chi connectivity index (χ1) is 5.27. The lowest BCUT2D eigenvalue weighted by Gasteiger charge is -2.07. The molecule has 1 fully saturated rings. The summed E-state index contributed by atoms with van der Waals surface area (Å²) in [5.74, 6) is 0. The Hall–Kier alpha value is 0.0700. The average molecular weight is 234 g/mol. The maximum Gasteiger partial charge on any atom is 0.126 e. The van der Waals surface area contributed by atoms with Crippen LogP contribution >= 0.6 is 27.3 Å². The third-order valence-corrected chi connectivity index (χ3v) is 3.62. The van der Waals surface area contributed by atoms with Crippen LogP contribution in [0.5, 0.6) is 0 Å². The molecule has 0 saturated heterocycles. The zero-order chi connectivity index (χ0) is 7.90. The van der Waals surface area contributed by atoms with Gasteiger partial charge in [-0.05, 0) is 28.8 Å². The lowest BCUT2D eigenvalue weighted by Crippen LogP contribution is -2.07. The minimum Gasteiger partial charge on any atom is -0.371 e. The third kappa shape index (κ3) is 1.23. The first kappa shape index (κ1) is 7.71. The summed E-state index contributed by atoms with van der Waals surface area (Å²) in [6, 6.07) is 0. The van der Waals surface area contributed by atoms with E-state index in [1.807, 2.05) is 6.20 Å². The molecule has 0 aromatic carbocycles. The van der Waals surface area contributed by atoms with E-state index in [1.165, 1.54) is 0 Å². The highest BCUT2D eigenvalue weighted by Gasteiger charge is 2.47. The quantitative estimate of drug-likeness (QED) is 0.784. The molecule has 0 aliphatic heterocycles. The molecule has 1 aliphatic rings. The molecule has 1 saturated carbocycles. The molecule has 0 N–H and O–H groups in total. The van der Waals surface area contributed by atoms with Crippen LogP contribution in [0.4, 0.5) is 0 Å². The number of hydrogen-bond acceptors (Lipinski definition) is 3. The van der Waals surface area contributed by atoms with Gasteiger partial charge in [0.1, 0.15) is 10.6 Å². The van der Waals surface area contributed by atoms with Crippen molar-refractivity contribution in [3.63, 3.8) is 0 Å². The van der Waals surface area contributed by atoms with Crippen LogP contribution in [0.3, 0.4) is 0 Å². The van der Waals surface area contributed by atoms with Gasteiger partial charge in [0.25, 0.3) is 0 Å². The van der Waals surface area contributed by atoms with E-state index in [-0.39, 0.29) is 5.60 Å². The van der Waals surface area contributed by atoms with E-state index in [9.17, 15) is 0 Å². The summed E-state index contributed by atoms with van der Waals surface area (Å²) in [5, 5.41) is 1.10. The van der Waals surface area contributed by atoms with Crippen molar-refractivity contribution in [2.45, 2.75) is 18.4 Å². The van der Waals surface area contributed by atoms with Crippen molar-refractivity contribution >= 4 is 27.3 Å². The van der Waals surface area contributed by atoms with Crippen molar-refractivity contribution in [2.75, 3.05) is 7.11 Å². The largest absolute Gasteiger partial charge is 0.371 e.